The first-order valence-electron chi connectivity index (χ1n) is 8.55. The summed E-state index contributed by atoms with van der Waals surface area (Å²) in [6.07, 6.45) is -3.43. The number of hydrogen-bond donors (Lipinski definition) is 1. The fraction of sp³-hybridized carbons (Fsp3) is 0.471. The number of urea groups is 2. The lowest BCUT2D eigenvalue weighted by Crippen LogP contribution is -2.52. The van der Waals surface area contributed by atoms with E-state index in [1.54, 1.807) is 0 Å². The third kappa shape index (κ3) is 4.20. The Morgan fingerprint density at radius 1 is 1.07 bits per heavy atom. The van der Waals surface area contributed by atoms with Gasteiger partial charge in [-0.15, -0.1) is 0 Å². The molecule has 152 valence electrons. The van der Waals surface area contributed by atoms with Gasteiger partial charge in [0.15, 0.2) is 0 Å². The molecule has 1 heterocycles. The van der Waals surface area contributed by atoms with Gasteiger partial charge in [-0.05, 0) is 31.0 Å². The largest absolute Gasteiger partial charge is 0.393 e. The molecule has 0 aromatic heterocycles. The lowest BCUT2D eigenvalue weighted by atomic mass is 9.84. The fourth-order valence-electron chi connectivity index (χ4n) is 3.51. The van der Waals surface area contributed by atoms with Gasteiger partial charge in [0.05, 0.1) is 11.6 Å². The molecule has 6 nitrogen and oxygen atoms in total. The van der Waals surface area contributed by atoms with Crippen LogP contribution in [0.2, 0.25) is 10.0 Å². The molecule has 1 aliphatic heterocycles. The van der Waals surface area contributed by atoms with E-state index in [0.717, 1.165) is 4.90 Å². The number of imide groups is 2. The van der Waals surface area contributed by atoms with Crippen molar-refractivity contribution >= 4 is 46.9 Å². The van der Waals surface area contributed by atoms with Crippen molar-refractivity contribution in [3.8, 4) is 0 Å². The second-order valence-corrected chi connectivity index (χ2v) is 7.59. The zero-order valence-corrected chi connectivity index (χ0v) is 15.9. The maximum absolute atomic E-state index is 13.2. The molecule has 1 saturated heterocycles. The van der Waals surface area contributed by atoms with Crippen molar-refractivity contribution in [3.63, 3.8) is 0 Å². The predicted molar refractivity (Wildman–Crippen MR) is 96.4 cm³/mol. The van der Waals surface area contributed by atoms with Gasteiger partial charge >= 0.3 is 18.2 Å². The second-order valence-electron chi connectivity index (χ2n) is 6.71. The Balaban J connectivity index is 1.76. The first-order valence-corrected chi connectivity index (χ1v) is 9.31. The summed E-state index contributed by atoms with van der Waals surface area (Å²) in [5.74, 6) is -2.39. The Hall–Kier alpha value is -2.00. The molecule has 2 unspecified atom stereocenters. The van der Waals surface area contributed by atoms with E-state index in [1.165, 1.54) is 18.2 Å². The number of carbonyl (C=O) groups is 3. The smallest absolute Gasteiger partial charge is 0.334 e. The monoisotopic (exact) mass is 437 g/mol. The van der Waals surface area contributed by atoms with E-state index in [4.69, 9.17) is 23.2 Å². The van der Waals surface area contributed by atoms with Crippen molar-refractivity contribution in [3.05, 3.63) is 28.2 Å². The van der Waals surface area contributed by atoms with Crippen LogP contribution in [0.5, 0.6) is 0 Å². The normalized spacial score (nSPS) is 23.3. The van der Waals surface area contributed by atoms with Crippen molar-refractivity contribution in [2.45, 2.75) is 37.9 Å². The van der Waals surface area contributed by atoms with E-state index >= 15 is 0 Å². The molecule has 1 aromatic carbocycles. The Labute approximate surface area is 168 Å². The molecule has 28 heavy (non-hydrogen) atoms. The molecule has 1 N–H and O–H groups in total. The van der Waals surface area contributed by atoms with Gasteiger partial charge in [-0.3, -0.25) is 4.79 Å². The summed E-state index contributed by atoms with van der Waals surface area (Å²) in [5, 5.41) is 2.64. The number of hydrogen-bond acceptors (Lipinski definition) is 3. The summed E-state index contributed by atoms with van der Waals surface area (Å²) in [7, 11) is 0. The van der Waals surface area contributed by atoms with Crippen LogP contribution in [0.4, 0.5) is 28.4 Å². The van der Waals surface area contributed by atoms with Crippen LogP contribution in [0.1, 0.15) is 25.7 Å². The molecule has 1 aliphatic carbocycles. The molecule has 11 heteroatoms. The number of amides is 5. The van der Waals surface area contributed by atoms with E-state index < -0.39 is 42.7 Å². The summed E-state index contributed by atoms with van der Waals surface area (Å²) in [5.41, 5.74) is 0.0774. The average molecular weight is 438 g/mol. The van der Waals surface area contributed by atoms with Crippen molar-refractivity contribution in [2.24, 2.45) is 5.92 Å². The Morgan fingerprint density at radius 2 is 1.68 bits per heavy atom. The van der Waals surface area contributed by atoms with E-state index in [9.17, 15) is 27.6 Å². The van der Waals surface area contributed by atoms with Crippen LogP contribution < -0.4 is 10.2 Å². The first-order chi connectivity index (χ1) is 13.1. The Kier molecular flexibility index (Phi) is 5.77. The molecule has 2 fully saturated rings. The van der Waals surface area contributed by atoms with Crippen molar-refractivity contribution in [2.75, 3.05) is 11.4 Å². The van der Waals surface area contributed by atoms with Crippen LogP contribution >= 0.6 is 23.2 Å². The van der Waals surface area contributed by atoms with Gasteiger partial charge in [0.25, 0.3) is 5.91 Å². The van der Waals surface area contributed by atoms with Gasteiger partial charge in [-0.25, -0.2) is 19.4 Å². The number of alkyl halides is 3. The summed E-state index contributed by atoms with van der Waals surface area (Å²) in [6.45, 7) is -0.585. The number of nitrogens with zero attached hydrogens (tertiary/aromatic N) is 2. The quantitative estimate of drug-likeness (QED) is 0.687. The summed E-state index contributed by atoms with van der Waals surface area (Å²) >= 11 is 11.8. The molecule has 5 amide bonds. The highest BCUT2D eigenvalue weighted by Crippen LogP contribution is 2.38. The van der Waals surface area contributed by atoms with E-state index in [1.807, 2.05) is 0 Å². The highest BCUT2D eigenvalue weighted by atomic mass is 35.5. The molecule has 0 bridgehead atoms. The molecule has 1 aromatic rings. The molecular weight excluding hydrogens is 422 g/mol. The minimum atomic E-state index is -4.45. The maximum atomic E-state index is 13.2. The number of benzene rings is 1. The molecule has 0 spiro atoms. The Bertz CT molecular complexity index is 798. The summed E-state index contributed by atoms with van der Waals surface area (Å²) in [6, 6.07) is 0.911. The van der Waals surface area contributed by atoms with Gasteiger partial charge in [0.1, 0.15) is 6.54 Å². The van der Waals surface area contributed by atoms with Gasteiger partial charge in [0.2, 0.25) is 0 Å². The Morgan fingerprint density at radius 3 is 2.29 bits per heavy atom. The van der Waals surface area contributed by atoms with E-state index in [-0.39, 0.29) is 28.6 Å². The topological polar surface area (TPSA) is 69.7 Å². The molecule has 2 aliphatic rings. The van der Waals surface area contributed by atoms with Gasteiger partial charge in [-0.1, -0.05) is 36.0 Å². The zero-order chi connectivity index (χ0) is 20.6. The third-order valence-corrected chi connectivity index (χ3v) is 5.25. The van der Waals surface area contributed by atoms with Crippen LogP contribution in [0.15, 0.2) is 18.2 Å². The van der Waals surface area contributed by atoms with E-state index in [2.05, 4.69) is 5.32 Å². The minimum absolute atomic E-state index is 0.0774. The number of halogens is 5. The van der Waals surface area contributed by atoms with Gasteiger partial charge in [-0.2, -0.15) is 13.2 Å². The zero-order valence-electron chi connectivity index (χ0n) is 14.4. The van der Waals surface area contributed by atoms with Crippen molar-refractivity contribution in [1.82, 2.24) is 10.2 Å². The fourth-order valence-corrected chi connectivity index (χ4v) is 4.03. The standard InChI is InChI=1S/C17H16Cl2F3N3O3/c18-9-5-10(19)7-11(6-9)25-14(26)8-24(16(25)28)15(27)23-13-4-2-1-3-12(13)17(20,21)22/h5-7,12-13H,1-4,8H2,(H,23,27). The van der Waals surface area contributed by atoms with Crippen molar-refractivity contribution in [1.29, 1.82) is 0 Å². The molecule has 3 rings (SSSR count). The number of carbonyl (C=O) groups excluding carboxylic acids is 3. The maximum Gasteiger partial charge on any atom is 0.393 e. The number of anilines is 1. The lowest BCUT2D eigenvalue weighted by molar-refractivity contribution is -0.187. The molecule has 0 radical (unpaired) electrons. The molecule has 2 atom stereocenters. The van der Waals surface area contributed by atoms with Crippen LogP contribution in [-0.4, -0.2) is 41.6 Å². The average Bonchev–Trinajstić information content (AvgIpc) is 2.88. The predicted octanol–water partition coefficient (Wildman–Crippen LogP) is 4.59. The summed E-state index contributed by atoms with van der Waals surface area (Å²) < 4.78 is 39.6. The van der Waals surface area contributed by atoms with Crippen LogP contribution in [-0.2, 0) is 4.79 Å². The third-order valence-electron chi connectivity index (χ3n) is 4.81. The minimum Gasteiger partial charge on any atom is -0.334 e. The lowest BCUT2D eigenvalue weighted by Gasteiger charge is -2.34. The van der Waals surface area contributed by atoms with Crippen LogP contribution in [0, 0.1) is 5.92 Å². The van der Waals surface area contributed by atoms with Crippen LogP contribution in [0.3, 0.4) is 0 Å². The van der Waals surface area contributed by atoms with Gasteiger partial charge < -0.3 is 5.32 Å². The SMILES string of the molecule is O=C(NC1CCCCC1C(F)(F)F)N1CC(=O)N(c2cc(Cl)cc(Cl)c2)C1=O. The summed E-state index contributed by atoms with van der Waals surface area (Å²) in [4.78, 5) is 38.6. The first kappa shape index (κ1) is 20.7. The molecule has 1 saturated carbocycles. The molecular formula is C17H16Cl2F3N3O3. The highest BCUT2D eigenvalue weighted by molar-refractivity contribution is 6.35. The number of rotatable bonds is 2. The van der Waals surface area contributed by atoms with E-state index in [0.29, 0.717) is 17.7 Å². The second kappa shape index (κ2) is 7.79. The van der Waals surface area contributed by atoms with Gasteiger partial charge in [0, 0.05) is 16.1 Å². The number of nitrogens with one attached hydrogen (secondary N) is 1. The van der Waals surface area contributed by atoms with Crippen molar-refractivity contribution < 1.29 is 27.6 Å². The van der Waals surface area contributed by atoms with Crippen LogP contribution in [0.25, 0.3) is 0 Å². The highest BCUT2D eigenvalue weighted by Gasteiger charge is 2.48.